The molecule has 0 saturated carbocycles. The minimum Gasteiger partial charge on any atom is -0.480 e. The number of allylic oxidation sites excluding steroid dienone is 4. The molecule has 318 valence electrons. The van der Waals surface area contributed by atoms with E-state index in [4.69, 9.17) is 29.4 Å². The maximum absolute atomic E-state index is 12.6. The van der Waals surface area contributed by atoms with Gasteiger partial charge in [-0.25, -0.2) is 4.57 Å². The molecule has 10 nitrogen and oxygen atoms in total. The van der Waals surface area contributed by atoms with Gasteiger partial charge in [0.15, 0.2) is 0 Å². The topological polar surface area (TPSA) is 155 Å². The summed E-state index contributed by atoms with van der Waals surface area (Å²) in [6.07, 6.45) is 42.5. The number of esters is 1. The van der Waals surface area contributed by atoms with Crippen molar-refractivity contribution in [1.29, 1.82) is 0 Å². The molecule has 0 fully saturated rings. The molecule has 0 spiro atoms. The lowest BCUT2D eigenvalue weighted by atomic mass is 10.1. The Morgan fingerprint density at radius 2 is 1.00 bits per heavy atom. The second-order valence-corrected chi connectivity index (χ2v) is 16.3. The highest BCUT2D eigenvalue weighted by molar-refractivity contribution is 7.47. The van der Waals surface area contributed by atoms with E-state index in [1.807, 2.05) is 0 Å². The third-order valence-electron chi connectivity index (χ3n) is 9.43. The number of rotatable bonds is 42. The summed E-state index contributed by atoms with van der Waals surface area (Å²) in [6.45, 7) is 3.81. The quantitative estimate of drug-likeness (QED) is 0.0236. The number of hydrogen-bond acceptors (Lipinski definition) is 8. The van der Waals surface area contributed by atoms with Gasteiger partial charge in [0.1, 0.15) is 12.1 Å². The summed E-state index contributed by atoms with van der Waals surface area (Å²) in [4.78, 5) is 33.4. The molecule has 4 N–H and O–H groups in total. The zero-order valence-corrected chi connectivity index (χ0v) is 35.5. The molecule has 0 heterocycles. The zero-order valence-electron chi connectivity index (χ0n) is 34.6. The molecule has 0 rings (SSSR count). The van der Waals surface area contributed by atoms with Crippen molar-refractivity contribution < 1.29 is 42.7 Å². The number of carboxylic acids is 1. The van der Waals surface area contributed by atoms with Crippen LogP contribution in [0, 0.1) is 0 Å². The highest BCUT2D eigenvalue weighted by Gasteiger charge is 2.27. The molecule has 11 heteroatoms. The van der Waals surface area contributed by atoms with Crippen molar-refractivity contribution in [2.24, 2.45) is 5.73 Å². The SMILES string of the molecule is CCC/C=C\CCCCCCCC(=O)OC(COCCCCCCCCCCCC/C=C\CCCCCCCCCC)COP(=O)(O)OCC(N)C(=O)O. The van der Waals surface area contributed by atoms with Crippen LogP contribution in [-0.2, 0) is 32.7 Å². The Hall–Kier alpha value is -1.55. The van der Waals surface area contributed by atoms with Crippen LogP contribution >= 0.6 is 7.82 Å². The second kappa shape index (κ2) is 39.7. The number of carbonyl (C=O) groups excluding carboxylic acids is 1. The van der Waals surface area contributed by atoms with Gasteiger partial charge in [0.25, 0.3) is 0 Å². The van der Waals surface area contributed by atoms with Gasteiger partial charge in [-0.3, -0.25) is 18.6 Å². The normalized spacial score (nSPS) is 14.1. The number of phosphoric acid groups is 1. The van der Waals surface area contributed by atoms with E-state index in [2.05, 4.69) is 38.2 Å². The van der Waals surface area contributed by atoms with Crippen LogP contribution in [0.4, 0.5) is 0 Å². The minimum absolute atomic E-state index is 0.0149. The minimum atomic E-state index is -4.61. The first kappa shape index (κ1) is 52.5. The molecule has 0 radical (unpaired) electrons. The van der Waals surface area contributed by atoms with Gasteiger partial charge in [0, 0.05) is 13.0 Å². The third kappa shape index (κ3) is 38.7. The maximum Gasteiger partial charge on any atom is 0.472 e. The predicted octanol–water partition coefficient (Wildman–Crippen LogP) is 11.9. The Balaban J connectivity index is 4.10. The van der Waals surface area contributed by atoms with Crippen LogP contribution < -0.4 is 5.73 Å². The van der Waals surface area contributed by atoms with Crippen LogP contribution in [0.3, 0.4) is 0 Å². The summed E-state index contributed by atoms with van der Waals surface area (Å²) in [5.74, 6) is -1.79. The Bertz CT molecular complexity index is 961. The number of nitrogens with two attached hydrogens (primary N) is 1. The number of carboxylic acid groups (broad SMARTS) is 1. The van der Waals surface area contributed by atoms with Crippen molar-refractivity contribution in [2.75, 3.05) is 26.4 Å². The van der Waals surface area contributed by atoms with Crippen LogP contribution in [0.5, 0.6) is 0 Å². The molecular formula is C43H82NO9P. The highest BCUT2D eigenvalue weighted by atomic mass is 31.2. The second-order valence-electron chi connectivity index (χ2n) is 14.8. The number of unbranched alkanes of at least 4 members (excludes halogenated alkanes) is 24. The molecule has 0 aromatic carbocycles. The molecular weight excluding hydrogens is 705 g/mol. The summed E-state index contributed by atoms with van der Waals surface area (Å²) < 4.78 is 33.3. The maximum atomic E-state index is 12.6. The standard InChI is InChI=1S/C43H82NO9P/c1-3-5-7-9-11-13-15-16-17-18-19-20-21-22-23-24-25-26-28-30-32-34-36-50-37-40(38-51-54(48,49)52-39-41(44)43(46)47)53-42(45)35-33-31-29-27-14-12-10-8-6-4-2/h8,10,18-19,40-41H,3-7,9,11-17,20-39,44H2,1-2H3,(H,46,47)(H,48,49)/b10-8-,19-18-. The van der Waals surface area contributed by atoms with Gasteiger partial charge in [0.2, 0.25) is 0 Å². The first-order chi connectivity index (χ1) is 26.2. The van der Waals surface area contributed by atoms with Gasteiger partial charge < -0.3 is 25.2 Å². The largest absolute Gasteiger partial charge is 0.480 e. The lowest BCUT2D eigenvalue weighted by molar-refractivity contribution is -0.154. The molecule has 0 aliphatic rings. The smallest absolute Gasteiger partial charge is 0.472 e. The molecule has 0 amide bonds. The zero-order chi connectivity index (χ0) is 39.8. The monoisotopic (exact) mass is 788 g/mol. The van der Waals surface area contributed by atoms with Gasteiger partial charge >= 0.3 is 19.8 Å². The summed E-state index contributed by atoms with van der Waals surface area (Å²) in [5.41, 5.74) is 5.34. The van der Waals surface area contributed by atoms with Crippen molar-refractivity contribution in [2.45, 2.75) is 212 Å². The number of aliphatic carboxylic acids is 1. The molecule has 0 aliphatic heterocycles. The molecule has 0 bridgehead atoms. The van der Waals surface area contributed by atoms with Crippen molar-refractivity contribution in [1.82, 2.24) is 0 Å². The van der Waals surface area contributed by atoms with Crippen LogP contribution in [0.2, 0.25) is 0 Å². The predicted molar refractivity (Wildman–Crippen MR) is 222 cm³/mol. The Morgan fingerprint density at radius 3 is 1.48 bits per heavy atom. The van der Waals surface area contributed by atoms with E-state index < -0.39 is 45.1 Å². The van der Waals surface area contributed by atoms with Crippen LogP contribution in [0.15, 0.2) is 24.3 Å². The number of hydrogen-bond donors (Lipinski definition) is 3. The van der Waals surface area contributed by atoms with Gasteiger partial charge in [-0.05, 0) is 57.8 Å². The number of carbonyl (C=O) groups is 2. The van der Waals surface area contributed by atoms with Crippen LogP contribution in [0.1, 0.15) is 200 Å². The number of ether oxygens (including phenoxy) is 2. The molecule has 3 atom stereocenters. The first-order valence-corrected chi connectivity index (χ1v) is 23.4. The number of phosphoric ester groups is 1. The third-order valence-corrected chi connectivity index (χ3v) is 10.4. The van der Waals surface area contributed by atoms with E-state index in [0.717, 1.165) is 57.8 Å². The van der Waals surface area contributed by atoms with Gasteiger partial charge in [-0.15, -0.1) is 0 Å². The fourth-order valence-corrected chi connectivity index (χ4v) is 6.79. The van der Waals surface area contributed by atoms with E-state index in [9.17, 15) is 19.0 Å². The van der Waals surface area contributed by atoms with Gasteiger partial charge in [-0.2, -0.15) is 0 Å². The van der Waals surface area contributed by atoms with Crippen molar-refractivity contribution >= 4 is 19.8 Å². The lowest BCUT2D eigenvalue weighted by Gasteiger charge is -2.20. The Kier molecular flexibility index (Phi) is 38.5. The first-order valence-electron chi connectivity index (χ1n) is 21.9. The van der Waals surface area contributed by atoms with E-state index in [1.54, 1.807) is 0 Å². The van der Waals surface area contributed by atoms with Crippen molar-refractivity contribution in [3.63, 3.8) is 0 Å². The summed E-state index contributed by atoms with van der Waals surface area (Å²) in [6, 6.07) is -1.47. The molecule has 54 heavy (non-hydrogen) atoms. The fraction of sp³-hybridized carbons (Fsp3) is 0.860. The summed E-state index contributed by atoms with van der Waals surface area (Å²) in [5, 5.41) is 8.88. The molecule has 3 unspecified atom stereocenters. The summed E-state index contributed by atoms with van der Waals surface area (Å²) in [7, 11) is -4.61. The van der Waals surface area contributed by atoms with Crippen molar-refractivity contribution in [3.05, 3.63) is 24.3 Å². The highest BCUT2D eigenvalue weighted by Crippen LogP contribution is 2.43. The molecule has 0 saturated heterocycles. The molecule has 0 aliphatic carbocycles. The molecule has 0 aromatic heterocycles. The van der Waals surface area contributed by atoms with E-state index in [-0.39, 0.29) is 13.0 Å². The van der Waals surface area contributed by atoms with E-state index in [1.165, 1.54) is 116 Å². The average Bonchev–Trinajstić information content (AvgIpc) is 3.15. The van der Waals surface area contributed by atoms with Crippen molar-refractivity contribution in [3.8, 4) is 0 Å². The summed E-state index contributed by atoms with van der Waals surface area (Å²) >= 11 is 0. The van der Waals surface area contributed by atoms with Crippen LogP contribution in [-0.4, -0.2) is 60.5 Å². The average molecular weight is 788 g/mol. The van der Waals surface area contributed by atoms with E-state index in [0.29, 0.717) is 13.0 Å². The van der Waals surface area contributed by atoms with Crippen LogP contribution in [0.25, 0.3) is 0 Å². The Morgan fingerprint density at radius 1 is 0.574 bits per heavy atom. The van der Waals surface area contributed by atoms with E-state index >= 15 is 0 Å². The fourth-order valence-electron chi connectivity index (χ4n) is 6.01. The lowest BCUT2D eigenvalue weighted by Crippen LogP contribution is -2.34. The molecule has 0 aromatic rings. The Labute approximate surface area is 330 Å². The van der Waals surface area contributed by atoms with Gasteiger partial charge in [0.05, 0.1) is 19.8 Å². The van der Waals surface area contributed by atoms with Gasteiger partial charge in [-0.1, -0.05) is 160 Å².